The molecular weight excluding hydrogens is 287 g/mol. The van der Waals surface area contributed by atoms with Gasteiger partial charge in [0.15, 0.2) is 0 Å². The molecule has 1 fully saturated rings. The third kappa shape index (κ3) is 3.19. The summed E-state index contributed by atoms with van der Waals surface area (Å²) in [6.07, 6.45) is 2.93. The summed E-state index contributed by atoms with van der Waals surface area (Å²) in [5.74, 6) is 0.260. The maximum Gasteiger partial charge on any atom is 0.126 e. The monoisotopic (exact) mass is 312 g/mol. The zero-order valence-electron chi connectivity index (χ0n) is 14.0. The van der Waals surface area contributed by atoms with Crippen LogP contribution in [-0.4, -0.2) is 13.1 Å². The van der Waals surface area contributed by atoms with E-state index in [-0.39, 0.29) is 5.82 Å². The number of aryl methyl sites for hydroxylation is 2. The fourth-order valence-electron chi connectivity index (χ4n) is 3.58. The minimum Gasteiger partial charge on any atom is -0.398 e. The molecule has 2 aromatic rings. The Kier molecular flexibility index (Phi) is 4.56. The Balaban J connectivity index is 1.75. The molecule has 1 aliphatic rings. The second-order valence-electron chi connectivity index (χ2n) is 6.47. The average Bonchev–Trinajstić information content (AvgIpc) is 2.58. The highest BCUT2D eigenvalue weighted by molar-refractivity contribution is 5.63. The summed E-state index contributed by atoms with van der Waals surface area (Å²) in [5, 5.41) is 0. The zero-order valence-corrected chi connectivity index (χ0v) is 14.0. The molecule has 0 aromatic heterocycles. The number of piperidine rings is 1. The predicted molar refractivity (Wildman–Crippen MR) is 95.6 cm³/mol. The average molecular weight is 312 g/mol. The molecular formula is C20H25FN2. The lowest BCUT2D eigenvalue weighted by Crippen LogP contribution is -2.33. The van der Waals surface area contributed by atoms with Gasteiger partial charge in [-0.05, 0) is 67.0 Å². The predicted octanol–water partition coefficient (Wildman–Crippen LogP) is 4.66. The van der Waals surface area contributed by atoms with E-state index in [0.717, 1.165) is 49.2 Å². The van der Waals surface area contributed by atoms with Crippen molar-refractivity contribution in [3.05, 3.63) is 58.9 Å². The fraction of sp³-hybridized carbons (Fsp3) is 0.400. The molecule has 2 N–H and O–H groups in total. The first-order valence-corrected chi connectivity index (χ1v) is 8.48. The summed E-state index contributed by atoms with van der Waals surface area (Å²) in [6.45, 7) is 6.14. The van der Waals surface area contributed by atoms with E-state index < -0.39 is 0 Å². The van der Waals surface area contributed by atoms with Gasteiger partial charge in [0.25, 0.3) is 0 Å². The Morgan fingerprint density at radius 3 is 2.52 bits per heavy atom. The highest BCUT2D eigenvalue weighted by atomic mass is 19.1. The van der Waals surface area contributed by atoms with Crippen molar-refractivity contribution in [1.29, 1.82) is 0 Å². The number of anilines is 2. The molecule has 0 amide bonds. The SMILES string of the molecule is CCc1cc(N2CCC(c3ccccc3F)CC2)cc(C)c1N. The van der Waals surface area contributed by atoms with Crippen LogP contribution in [0.2, 0.25) is 0 Å². The molecule has 2 aromatic carbocycles. The van der Waals surface area contributed by atoms with Crippen LogP contribution < -0.4 is 10.6 Å². The first-order valence-electron chi connectivity index (χ1n) is 8.48. The molecule has 1 aliphatic heterocycles. The smallest absolute Gasteiger partial charge is 0.126 e. The molecule has 3 rings (SSSR count). The van der Waals surface area contributed by atoms with E-state index in [1.165, 1.54) is 11.3 Å². The van der Waals surface area contributed by atoms with Crippen LogP contribution in [0.4, 0.5) is 15.8 Å². The van der Waals surface area contributed by atoms with Crippen molar-refractivity contribution in [2.75, 3.05) is 23.7 Å². The molecule has 0 aliphatic carbocycles. The number of halogens is 1. The number of rotatable bonds is 3. The van der Waals surface area contributed by atoms with Crippen molar-refractivity contribution in [3.63, 3.8) is 0 Å². The summed E-state index contributed by atoms with van der Waals surface area (Å²) in [7, 11) is 0. The Morgan fingerprint density at radius 1 is 1.17 bits per heavy atom. The van der Waals surface area contributed by atoms with Crippen LogP contribution in [0.15, 0.2) is 36.4 Å². The van der Waals surface area contributed by atoms with Crippen LogP contribution >= 0.6 is 0 Å². The minimum atomic E-state index is -0.0671. The fourth-order valence-corrected chi connectivity index (χ4v) is 3.58. The van der Waals surface area contributed by atoms with Gasteiger partial charge in [-0.2, -0.15) is 0 Å². The van der Waals surface area contributed by atoms with E-state index in [9.17, 15) is 4.39 Å². The van der Waals surface area contributed by atoms with Crippen molar-refractivity contribution in [3.8, 4) is 0 Å². The Labute approximate surface area is 138 Å². The molecule has 2 nitrogen and oxygen atoms in total. The molecule has 3 heteroatoms. The van der Waals surface area contributed by atoms with Crippen LogP contribution in [0.5, 0.6) is 0 Å². The van der Waals surface area contributed by atoms with Gasteiger partial charge in [-0.3, -0.25) is 0 Å². The summed E-state index contributed by atoms with van der Waals surface area (Å²) < 4.78 is 14.0. The number of hydrogen-bond acceptors (Lipinski definition) is 2. The summed E-state index contributed by atoms with van der Waals surface area (Å²) in [6, 6.07) is 11.6. The molecule has 1 saturated heterocycles. The van der Waals surface area contributed by atoms with Crippen LogP contribution in [0.25, 0.3) is 0 Å². The van der Waals surface area contributed by atoms with Gasteiger partial charge in [-0.15, -0.1) is 0 Å². The second-order valence-corrected chi connectivity index (χ2v) is 6.47. The lowest BCUT2D eigenvalue weighted by molar-refractivity contribution is 0.482. The van der Waals surface area contributed by atoms with Gasteiger partial charge in [-0.25, -0.2) is 4.39 Å². The van der Waals surface area contributed by atoms with Crippen LogP contribution in [0.1, 0.15) is 42.4 Å². The highest BCUT2D eigenvalue weighted by Gasteiger charge is 2.23. The summed E-state index contributed by atoms with van der Waals surface area (Å²) in [5.41, 5.74) is 11.5. The topological polar surface area (TPSA) is 29.3 Å². The molecule has 122 valence electrons. The quantitative estimate of drug-likeness (QED) is 0.835. The number of benzene rings is 2. The Bertz CT molecular complexity index is 688. The maximum atomic E-state index is 14.0. The van der Waals surface area contributed by atoms with E-state index in [4.69, 9.17) is 5.73 Å². The van der Waals surface area contributed by atoms with Crippen molar-refractivity contribution < 1.29 is 4.39 Å². The molecule has 0 saturated carbocycles. The number of nitrogen functional groups attached to an aromatic ring is 1. The van der Waals surface area contributed by atoms with Gasteiger partial charge in [0.1, 0.15) is 5.82 Å². The summed E-state index contributed by atoms with van der Waals surface area (Å²) >= 11 is 0. The van der Waals surface area contributed by atoms with Crippen molar-refractivity contribution in [2.45, 2.75) is 39.0 Å². The Hall–Kier alpha value is -2.03. The molecule has 0 bridgehead atoms. The van der Waals surface area contributed by atoms with Crippen molar-refractivity contribution in [1.82, 2.24) is 0 Å². The van der Waals surface area contributed by atoms with E-state index in [0.29, 0.717) is 5.92 Å². The molecule has 0 atom stereocenters. The van der Waals surface area contributed by atoms with Crippen molar-refractivity contribution >= 4 is 11.4 Å². The zero-order chi connectivity index (χ0) is 16.4. The summed E-state index contributed by atoms with van der Waals surface area (Å²) in [4.78, 5) is 2.41. The van der Waals surface area contributed by atoms with Crippen LogP contribution in [0, 0.1) is 12.7 Å². The number of hydrogen-bond donors (Lipinski definition) is 1. The van der Waals surface area contributed by atoms with Crippen LogP contribution in [0.3, 0.4) is 0 Å². The Morgan fingerprint density at radius 2 is 1.87 bits per heavy atom. The van der Waals surface area contributed by atoms with Gasteiger partial charge in [0.2, 0.25) is 0 Å². The molecule has 23 heavy (non-hydrogen) atoms. The largest absolute Gasteiger partial charge is 0.398 e. The molecule has 0 unspecified atom stereocenters. The maximum absolute atomic E-state index is 14.0. The lowest BCUT2D eigenvalue weighted by Gasteiger charge is -2.34. The number of nitrogens with zero attached hydrogens (tertiary/aromatic N) is 1. The minimum absolute atomic E-state index is 0.0671. The van der Waals surface area contributed by atoms with E-state index in [1.807, 2.05) is 12.1 Å². The van der Waals surface area contributed by atoms with Gasteiger partial charge < -0.3 is 10.6 Å². The van der Waals surface area contributed by atoms with E-state index in [1.54, 1.807) is 12.1 Å². The van der Waals surface area contributed by atoms with Gasteiger partial charge in [-0.1, -0.05) is 25.1 Å². The van der Waals surface area contributed by atoms with E-state index >= 15 is 0 Å². The first kappa shape index (κ1) is 15.9. The van der Waals surface area contributed by atoms with E-state index in [2.05, 4.69) is 30.9 Å². The third-order valence-corrected chi connectivity index (χ3v) is 5.04. The lowest BCUT2D eigenvalue weighted by atomic mass is 9.88. The first-order chi connectivity index (χ1) is 11.1. The molecule has 0 radical (unpaired) electrons. The molecule has 1 heterocycles. The molecule has 0 spiro atoms. The van der Waals surface area contributed by atoms with Gasteiger partial charge >= 0.3 is 0 Å². The van der Waals surface area contributed by atoms with Gasteiger partial charge in [0.05, 0.1) is 0 Å². The number of nitrogens with two attached hydrogens (primary N) is 1. The second kappa shape index (κ2) is 6.61. The standard InChI is InChI=1S/C20H25FN2/c1-3-15-13-17(12-14(2)20(15)22)23-10-8-16(9-11-23)18-6-4-5-7-19(18)21/h4-7,12-13,16H,3,8-11,22H2,1-2H3. The van der Waals surface area contributed by atoms with Crippen LogP contribution in [-0.2, 0) is 6.42 Å². The normalized spacial score (nSPS) is 15.9. The third-order valence-electron chi connectivity index (χ3n) is 5.04. The van der Waals surface area contributed by atoms with Gasteiger partial charge in [0, 0.05) is 24.5 Å². The van der Waals surface area contributed by atoms with Crippen molar-refractivity contribution in [2.24, 2.45) is 0 Å². The highest BCUT2D eigenvalue weighted by Crippen LogP contribution is 2.33.